The van der Waals surface area contributed by atoms with Gasteiger partial charge in [0.15, 0.2) is 25.2 Å². The van der Waals surface area contributed by atoms with Crippen LogP contribution in [-0.4, -0.2) is 209 Å². The molecular formula is C24H42O20. The Morgan fingerprint density at radius 1 is 0.409 bits per heavy atom. The van der Waals surface area contributed by atoms with Crippen molar-refractivity contribution in [1.82, 2.24) is 0 Å². The molecule has 0 saturated carbocycles. The lowest BCUT2D eigenvalue weighted by molar-refractivity contribution is -0.400. The highest BCUT2D eigenvalue weighted by molar-refractivity contribution is 4.97. The van der Waals surface area contributed by atoms with Gasteiger partial charge in [0.25, 0.3) is 0 Å². The van der Waals surface area contributed by atoms with E-state index in [0.29, 0.717) is 0 Å². The van der Waals surface area contributed by atoms with Gasteiger partial charge in [-0.05, 0) is 6.92 Å². The smallest absolute Gasteiger partial charge is 0.187 e. The monoisotopic (exact) mass is 650 g/mol. The maximum absolute atomic E-state index is 11.0. The molecule has 0 aromatic heterocycles. The Balaban J connectivity index is 1.60. The van der Waals surface area contributed by atoms with Crippen LogP contribution in [0.15, 0.2) is 0 Å². The minimum absolute atomic E-state index is 0.802. The van der Waals surface area contributed by atoms with Gasteiger partial charge in [-0.3, -0.25) is 0 Å². The second kappa shape index (κ2) is 15.0. The summed E-state index contributed by atoms with van der Waals surface area (Å²) >= 11 is 0. The Bertz CT molecular complexity index is 898. The minimum atomic E-state index is -1.96. The SMILES string of the molecule is C[C@H]1OC(O)[C@H](O[C@@H]2O[C@H](CO)[C@@H](O)[C@H](O)[C@H]2O)[C@@H](O[C@@H]2O[C@H](CO)[C@@H](O)[C@H](O)[C@H]2O[C@@H]2O[C@H](CO)[C@@H](O)[C@H](O)[C@H]2O)[C@H]1O. The normalized spacial score (nSPS) is 53.9. The number of rotatable bonds is 9. The van der Waals surface area contributed by atoms with Gasteiger partial charge in [-0.15, -0.1) is 0 Å². The van der Waals surface area contributed by atoms with E-state index in [9.17, 15) is 66.4 Å². The molecule has 0 bridgehead atoms. The van der Waals surface area contributed by atoms with Crippen LogP contribution >= 0.6 is 0 Å². The lowest BCUT2D eigenvalue weighted by Gasteiger charge is -2.49. The molecule has 0 spiro atoms. The van der Waals surface area contributed by atoms with Gasteiger partial charge in [0, 0.05) is 0 Å². The molecule has 4 fully saturated rings. The summed E-state index contributed by atoms with van der Waals surface area (Å²) in [4.78, 5) is 0. The lowest BCUT2D eigenvalue weighted by atomic mass is 9.96. The first kappa shape index (κ1) is 36.0. The third-order valence-electron chi connectivity index (χ3n) is 8.17. The second-order valence-corrected chi connectivity index (χ2v) is 11.1. The molecule has 13 N–H and O–H groups in total. The molecule has 20 atom stereocenters. The first-order valence-corrected chi connectivity index (χ1v) is 14.0. The van der Waals surface area contributed by atoms with Crippen LogP contribution in [-0.2, 0) is 33.2 Å². The van der Waals surface area contributed by atoms with Crippen LogP contribution in [0, 0.1) is 0 Å². The summed E-state index contributed by atoms with van der Waals surface area (Å²) in [6.07, 6.45) is -34.8. The summed E-state index contributed by atoms with van der Waals surface area (Å²) in [7, 11) is 0. The van der Waals surface area contributed by atoms with E-state index < -0.39 is 143 Å². The van der Waals surface area contributed by atoms with Crippen LogP contribution in [0.3, 0.4) is 0 Å². The summed E-state index contributed by atoms with van der Waals surface area (Å²) in [5, 5.41) is 133. The van der Waals surface area contributed by atoms with Gasteiger partial charge < -0.3 is 99.5 Å². The van der Waals surface area contributed by atoms with Crippen molar-refractivity contribution in [3.05, 3.63) is 0 Å². The Kier molecular flexibility index (Phi) is 12.3. The fraction of sp³-hybridized carbons (Fsp3) is 1.00. The van der Waals surface area contributed by atoms with Crippen molar-refractivity contribution in [2.24, 2.45) is 0 Å². The van der Waals surface area contributed by atoms with Crippen molar-refractivity contribution < 1.29 is 99.5 Å². The molecule has 0 aliphatic carbocycles. The molecule has 4 heterocycles. The molecule has 4 aliphatic heterocycles. The molecule has 20 nitrogen and oxygen atoms in total. The first-order chi connectivity index (χ1) is 20.7. The van der Waals surface area contributed by atoms with Crippen molar-refractivity contribution >= 4 is 0 Å². The van der Waals surface area contributed by atoms with Crippen LogP contribution in [0.2, 0.25) is 0 Å². The van der Waals surface area contributed by atoms with Gasteiger partial charge in [0.2, 0.25) is 0 Å². The Hall–Kier alpha value is -0.800. The van der Waals surface area contributed by atoms with Crippen LogP contribution in [0.5, 0.6) is 0 Å². The van der Waals surface area contributed by atoms with Crippen LogP contribution in [0.25, 0.3) is 0 Å². The average Bonchev–Trinajstić information content (AvgIpc) is 3.00. The Morgan fingerprint density at radius 2 is 0.795 bits per heavy atom. The van der Waals surface area contributed by atoms with Crippen molar-refractivity contribution in [3.63, 3.8) is 0 Å². The highest BCUT2D eigenvalue weighted by Crippen LogP contribution is 2.34. The Labute approximate surface area is 249 Å². The van der Waals surface area contributed by atoms with Crippen LogP contribution in [0.1, 0.15) is 6.92 Å². The first-order valence-electron chi connectivity index (χ1n) is 14.0. The van der Waals surface area contributed by atoms with E-state index in [4.69, 9.17) is 33.2 Å². The fourth-order valence-corrected chi connectivity index (χ4v) is 5.44. The highest BCUT2D eigenvalue weighted by Gasteiger charge is 2.55. The maximum Gasteiger partial charge on any atom is 0.187 e. The van der Waals surface area contributed by atoms with Crippen molar-refractivity contribution in [2.75, 3.05) is 19.8 Å². The molecule has 4 saturated heterocycles. The molecule has 4 rings (SSSR count). The van der Waals surface area contributed by atoms with Gasteiger partial charge in [-0.1, -0.05) is 0 Å². The number of hydrogen-bond acceptors (Lipinski definition) is 20. The number of ether oxygens (including phenoxy) is 7. The summed E-state index contributed by atoms with van der Waals surface area (Å²) in [6.45, 7) is -1.13. The van der Waals surface area contributed by atoms with Gasteiger partial charge in [0.05, 0.1) is 25.9 Å². The minimum Gasteiger partial charge on any atom is -0.394 e. The van der Waals surface area contributed by atoms with Crippen molar-refractivity contribution in [2.45, 2.75) is 130 Å². The second-order valence-electron chi connectivity index (χ2n) is 11.1. The zero-order chi connectivity index (χ0) is 32.6. The van der Waals surface area contributed by atoms with Gasteiger partial charge in [-0.25, -0.2) is 0 Å². The lowest BCUT2D eigenvalue weighted by Crippen LogP contribution is -2.67. The average molecular weight is 651 g/mol. The van der Waals surface area contributed by atoms with Gasteiger partial charge >= 0.3 is 0 Å². The predicted molar refractivity (Wildman–Crippen MR) is 132 cm³/mol. The number of aliphatic hydroxyl groups excluding tert-OH is 13. The summed E-state index contributed by atoms with van der Waals surface area (Å²) < 4.78 is 38.6. The van der Waals surface area contributed by atoms with Gasteiger partial charge in [0.1, 0.15) is 91.6 Å². The molecular weight excluding hydrogens is 608 g/mol. The maximum atomic E-state index is 11.0. The molecule has 258 valence electrons. The van der Waals surface area contributed by atoms with Crippen LogP contribution in [0.4, 0.5) is 0 Å². The molecule has 0 aromatic carbocycles. The van der Waals surface area contributed by atoms with E-state index >= 15 is 0 Å². The zero-order valence-corrected chi connectivity index (χ0v) is 23.3. The van der Waals surface area contributed by atoms with Crippen molar-refractivity contribution in [1.29, 1.82) is 0 Å². The van der Waals surface area contributed by atoms with E-state index in [-0.39, 0.29) is 0 Å². The molecule has 0 radical (unpaired) electrons. The van der Waals surface area contributed by atoms with Crippen LogP contribution < -0.4 is 0 Å². The molecule has 0 aromatic rings. The third kappa shape index (κ3) is 7.05. The van der Waals surface area contributed by atoms with E-state index in [0.717, 1.165) is 0 Å². The molecule has 1 unspecified atom stereocenters. The number of aliphatic hydroxyl groups is 13. The molecule has 20 heteroatoms. The standard InChI is InChI=1S/C24H42O20/c1-5-9(28)18(20(21(37)38-5)44-23-17(36)14(33)11(30)7(3-26)40-23)42-24-19(15(34)12(31)8(4-27)41-24)43-22-16(35)13(32)10(29)6(2-25)39-22/h5-37H,2-4H2,1H3/t5-,6-,7-,8-,9+,10-,11-,12-,13+,14+,15+,16-,17-,18+,19-,20-,21?,22+,23+,24+/m1/s1. The molecule has 44 heavy (non-hydrogen) atoms. The zero-order valence-electron chi connectivity index (χ0n) is 23.3. The molecule has 0 amide bonds. The highest BCUT2D eigenvalue weighted by atomic mass is 16.8. The molecule has 4 aliphatic rings. The fourth-order valence-electron chi connectivity index (χ4n) is 5.44. The van der Waals surface area contributed by atoms with E-state index in [1.807, 2.05) is 0 Å². The van der Waals surface area contributed by atoms with Crippen molar-refractivity contribution in [3.8, 4) is 0 Å². The summed E-state index contributed by atoms with van der Waals surface area (Å²) in [5.41, 5.74) is 0. The summed E-state index contributed by atoms with van der Waals surface area (Å²) in [6, 6.07) is 0. The third-order valence-corrected chi connectivity index (χ3v) is 8.17. The Morgan fingerprint density at radius 3 is 1.25 bits per heavy atom. The van der Waals surface area contributed by atoms with E-state index in [1.54, 1.807) is 0 Å². The van der Waals surface area contributed by atoms with E-state index in [1.165, 1.54) is 6.92 Å². The number of hydrogen-bond donors (Lipinski definition) is 13. The largest absolute Gasteiger partial charge is 0.394 e. The summed E-state index contributed by atoms with van der Waals surface area (Å²) in [5.74, 6) is 0. The van der Waals surface area contributed by atoms with Gasteiger partial charge in [-0.2, -0.15) is 0 Å². The van der Waals surface area contributed by atoms with E-state index in [2.05, 4.69) is 0 Å². The predicted octanol–water partition coefficient (Wildman–Crippen LogP) is -8.72. The quantitative estimate of drug-likeness (QED) is 0.110. The topological polar surface area (TPSA) is 328 Å².